The van der Waals surface area contributed by atoms with Gasteiger partial charge in [0.2, 0.25) is 5.91 Å². The number of hydrogen-bond donors (Lipinski definition) is 4. The van der Waals surface area contributed by atoms with Gasteiger partial charge in [0.05, 0.1) is 13.2 Å². The molecule has 12 heteroatoms. The number of amides is 1. The number of carboxylic acids is 1. The van der Waals surface area contributed by atoms with Crippen molar-refractivity contribution < 1.29 is 47.8 Å². The number of aliphatic hydroxyl groups excluding tert-OH is 1. The second-order valence-electron chi connectivity index (χ2n) is 17.0. The van der Waals surface area contributed by atoms with Crippen molar-refractivity contribution >= 4 is 25.7 Å². The van der Waals surface area contributed by atoms with Crippen molar-refractivity contribution in [3.63, 3.8) is 0 Å². The molecule has 0 rings (SSSR count). The Hall–Kier alpha value is -1.78. The summed E-state index contributed by atoms with van der Waals surface area (Å²) in [4.78, 5) is 46.0. The number of esters is 1. The highest BCUT2D eigenvalue weighted by Crippen LogP contribution is 2.43. The largest absolute Gasteiger partial charge is 0.480 e. The molecule has 11 nitrogen and oxygen atoms in total. The number of aliphatic carboxylic acids is 1. The normalized spacial score (nSPS) is 13.7. The molecule has 0 aromatic heterocycles. The quantitative estimate of drug-likeness (QED) is 0.0200. The van der Waals surface area contributed by atoms with Gasteiger partial charge in [-0.15, -0.1) is 0 Å². The topological polar surface area (TPSA) is 169 Å². The van der Waals surface area contributed by atoms with E-state index in [2.05, 4.69) is 31.3 Å². The highest BCUT2D eigenvalue weighted by Gasteiger charge is 2.28. The van der Waals surface area contributed by atoms with Crippen molar-refractivity contribution in [1.29, 1.82) is 0 Å². The van der Waals surface area contributed by atoms with Gasteiger partial charge < -0.3 is 25.2 Å². The van der Waals surface area contributed by atoms with Gasteiger partial charge in [0, 0.05) is 12.8 Å². The third-order valence-electron chi connectivity index (χ3n) is 11.1. The lowest BCUT2D eigenvalue weighted by molar-refractivity contribution is -0.147. The molecule has 0 saturated heterocycles. The van der Waals surface area contributed by atoms with Gasteiger partial charge in [0.15, 0.2) is 6.04 Å². The second kappa shape index (κ2) is 43.9. The minimum Gasteiger partial charge on any atom is -0.480 e. The maximum Gasteiger partial charge on any atom is 0.472 e. The fourth-order valence-electron chi connectivity index (χ4n) is 7.19. The molecule has 354 valence electrons. The Kier molecular flexibility index (Phi) is 42.6. The number of nitrogens with one attached hydrogen (secondary N) is 1. The van der Waals surface area contributed by atoms with Crippen LogP contribution in [-0.2, 0) is 32.7 Å². The first-order valence-electron chi connectivity index (χ1n) is 24.7. The zero-order valence-electron chi connectivity index (χ0n) is 38.5. The molecule has 0 aliphatic carbocycles. The number of aliphatic hydroxyl groups is 1. The summed E-state index contributed by atoms with van der Waals surface area (Å²) >= 11 is 0. The van der Waals surface area contributed by atoms with Gasteiger partial charge in [-0.05, 0) is 38.5 Å². The van der Waals surface area contributed by atoms with Gasteiger partial charge in [-0.25, -0.2) is 9.36 Å². The van der Waals surface area contributed by atoms with Gasteiger partial charge in [0.1, 0.15) is 12.7 Å². The van der Waals surface area contributed by atoms with Crippen LogP contribution in [0.5, 0.6) is 0 Å². The fourth-order valence-corrected chi connectivity index (χ4v) is 7.97. The highest BCUT2D eigenvalue weighted by atomic mass is 31.2. The Labute approximate surface area is 367 Å². The Balaban J connectivity index is 3.82. The number of allylic oxidation sites excluding steroid dienone is 2. The molecule has 0 saturated carbocycles. The van der Waals surface area contributed by atoms with E-state index in [0.717, 1.165) is 51.4 Å². The van der Waals surface area contributed by atoms with Crippen LogP contribution in [0.15, 0.2) is 12.2 Å². The zero-order valence-corrected chi connectivity index (χ0v) is 39.4. The Morgan fingerprint density at radius 3 is 1.27 bits per heavy atom. The van der Waals surface area contributed by atoms with E-state index in [1.54, 1.807) is 0 Å². The van der Waals surface area contributed by atoms with Crippen LogP contribution in [0.2, 0.25) is 0 Å². The van der Waals surface area contributed by atoms with Crippen LogP contribution >= 0.6 is 7.82 Å². The number of unbranched alkanes of at least 4 members (excludes halogenated alkanes) is 31. The number of carbonyl (C=O) groups excluding carboxylic acids is 2. The maximum absolute atomic E-state index is 12.3. The maximum atomic E-state index is 12.3. The monoisotopic (exact) mass is 874 g/mol. The molecular formula is C48H92NO10P. The Morgan fingerprint density at radius 1 is 0.517 bits per heavy atom. The average Bonchev–Trinajstić information content (AvgIpc) is 3.22. The Morgan fingerprint density at radius 2 is 0.867 bits per heavy atom. The van der Waals surface area contributed by atoms with Crippen LogP contribution in [0.1, 0.15) is 245 Å². The number of phosphoric acid groups is 1. The van der Waals surface area contributed by atoms with Crippen LogP contribution in [0.25, 0.3) is 0 Å². The molecule has 0 aliphatic rings. The number of carbonyl (C=O) groups is 3. The molecule has 3 unspecified atom stereocenters. The summed E-state index contributed by atoms with van der Waals surface area (Å²) in [5.41, 5.74) is 0. The van der Waals surface area contributed by atoms with Crippen LogP contribution in [0.3, 0.4) is 0 Å². The van der Waals surface area contributed by atoms with E-state index in [4.69, 9.17) is 13.8 Å². The lowest BCUT2D eigenvalue weighted by atomic mass is 10.0. The molecule has 0 aromatic rings. The lowest BCUT2D eigenvalue weighted by Gasteiger charge is -2.18. The summed E-state index contributed by atoms with van der Waals surface area (Å²) in [6, 6.07) is -1.55. The number of carboxylic acid groups (broad SMARTS) is 1. The second-order valence-corrected chi connectivity index (χ2v) is 18.5. The molecule has 1 amide bonds. The van der Waals surface area contributed by atoms with Crippen molar-refractivity contribution in [1.82, 2.24) is 5.32 Å². The summed E-state index contributed by atoms with van der Waals surface area (Å²) in [6.07, 6.45) is 45.2. The van der Waals surface area contributed by atoms with Gasteiger partial charge in [0.25, 0.3) is 0 Å². The molecule has 0 radical (unpaired) electrons. The van der Waals surface area contributed by atoms with Crippen LogP contribution in [-0.4, -0.2) is 64.9 Å². The Bertz CT molecular complexity index is 1070. The van der Waals surface area contributed by atoms with E-state index in [1.165, 1.54) is 154 Å². The first-order valence-corrected chi connectivity index (χ1v) is 26.2. The smallest absolute Gasteiger partial charge is 0.472 e. The summed E-state index contributed by atoms with van der Waals surface area (Å²) in [7, 11) is -4.76. The number of ether oxygens (including phenoxy) is 1. The van der Waals surface area contributed by atoms with Gasteiger partial charge in [-0.1, -0.05) is 206 Å². The zero-order chi connectivity index (χ0) is 44.2. The van der Waals surface area contributed by atoms with E-state index >= 15 is 0 Å². The van der Waals surface area contributed by atoms with E-state index in [1.807, 2.05) is 0 Å². The first kappa shape index (κ1) is 58.2. The van der Waals surface area contributed by atoms with Gasteiger partial charge >= 0.3 is 19.8 Å². The fraction of sp³-hybridized carbons (Fsp3) is 0.896. The predicted octanol–water partition coefficient (Wildman–Crippen LogP) is 13.2. The molecule has 0 aliphatic heterocycles. The van der Waals surface area contributed by atoms with Crippen LogP contribution in [0, 0.1) is 0 Å². The van der Waals surface area contributed by atoms with Crippen molar-refractivity contribution in [2.24, 2.45) is 0 Å². The molecule has 60 heavy (non-hydrogen) atoms. The number of hydrogen-bond acceptors (Lipinski definition) is 8. The van der Waals surface area contributed by atoms with Gasteiger partial charge in [-0.2, -0.15) is 0 Å². The molecule has 0 bridgehead atoms. The van der Waals surface area contributed by atoms with Crippen molar-refractivity contribution in [2.45, 2.75) is 257 Å². The van der Waals surface area contributed by atoms with Crippen molar-refractivity contribution in [3.8, 4) is 0 Å². The molecule has 4 N–H and O–H groups in total. The molecule has 3 atom stereocenters. The van der Waals surface area contributed by atoms with Crippen molar-refractivity contribution in [3.05, 3.63) is 12.2 Å². The van der Waals surface area contributed by atoms with E-state index in [-0.39, 0.29) is 12.8 Å². The minimum atomic E-state index is -4.76. The third-order valence-corrected chi connectivity index (χ3v) is 12.0. The minimum absolute atomic E-state index is 0.144. The SMILES string of the molecule is CCCCCCCC/C=C\CCCCCCCCCC(=O)NC(COP(=O)(O)OCC(O)COC(=O)CCCCCCCCCCCCCCCCCCCCC)C(=O)O. The number of rotatable bonds is 47. The van der Waals surface area contributed by atoms with Crippen molar-refractivity contribution in [2.75, 3.05) is 19.8 Å². The molecule has 0 aromatic carbocycles. The highest BCUT2D eigenvalue weighted by molar-refractivity contribution is 7.47. The van der Waals surface area contributed by atoms with E-state index < -0.39 is 57.6 Å². The number of phosphoric ester groups is 1. The van der Waals surface area contributed by atoms with Crippen LogP contribution < -0.4 is 5.32 Å². The molecular weight excluding hydrogens is 781 g/mol. The van der Waals surface area contributed by atoms with E-state index in [9.17, 15) is 34.1 Å². The lowest BCUT2D eigenvalue weighted by Crippen LogP contribution is -2.43. The van der Waals surface area contributed by atoms with Gasteiger partial charge in [-0.3, -0.25) is 18.6 Å². The summed E-state index contributed by atoms with van der Waals surface area (Å²) in [5, 5.41) is 21.9. The summed E-state index contributed by atoms with van der Waals surface area (Å²) < 4.78 is 26.9. The molecule has 0 fully saturated rings. The molecule has 0 spiro atoms. The first-order chi connectivity index (χ1) is 29.1. The predicted molar refractivity (Wildman–Crippen MR) is 245 cm³/mol. The van der Waals surface area contributed by atoms with Crippen LogP contribution in [0.4, 0.5) is 0 Å². The summed E-state index contributed by atoms with van der Waals surface area (Å²) in [5.74, 6) is -2.36. The molecule has 0 heterocycles. The average molecular weight is 874 g/mol. The standard InChI is InChI=1S/C48H92NO10P/c1-3-5-7-9-11-13-15-17-19-21-22-24-26-28-30-32-34-36-38-40-47(52)57-41-44(50)42-58-60(55,56)59-43-45(48(53)54)49-46(51)39-37-35-33-31-29-27-25-23-20-18-16-14-12-10-8-6-4-2/h18,20,44-45,50H,3-17,19,21-43H2,1-2H3,(H,49,51)(H,53,54)(H,55,56)/b20-18-. The van der Waals surface area contributed by atoms with E-state index in [0.29, 0.717) is 12.8 Å². The summed E-state index contributed by atoms with van der Waals surface area (Å²) in [6.45, 7) is 2.63. The third kappa shape index (κ3) is 42.9.